The Hall–Kier alpha value is -3.02. The van der Waals surface area contributed by atoms with Crippen molar-refractivity contribution in [2.75, 3.05) is 23.8 Å². The summed E-state index contributed by atoms with van der Waals surface area (Å²) in [5, 5.41) is 5.75. The van der Waals surface area contributed by atoms with Gasteiger partial charge in [0.05, 0.1) is 12.3 Å². The van der Waals surface area contributed by atoms with E-state index in [1.165, 1.54) is 0 Å². The average molecular weight is 353 g/mol. The van der Waals surface area contributed by atoms with Crippen molar-refractivity contribution in [2.45, 2.75) is 25.8 Å². The highest BCUT2D eigenvalue weighted by molar-refractivity contribution is 6.00. The van der Waals surface area contributed by atoms with Crippen LogP contribution in [0.15, 0.2) is 54.6 Å². The molecule has 1 fully saturated rings. The van der Waals surface area contributed by atoms with Crippen molar-refractivity contribution >= 4 is 23.3 Å². The molecule has 0 aromatic heterocycles. The summed E-state index contributed by atoms with van der Waals surface area (Å²) < 4.78 is 5.55. The number of nitrogens with one attached hydrogen (secondary N) is 2. The number of nitrogens with zero attached hydrogens (tertiary/aromatic N) is 1. The Morgan fingerprint density at radius 3 is 2.58 bits per heavy atom. The fourth-order valence-electron chi connectivity index (χ4n) is 3.07. The molecule has 1 heterocycles. The molecule has 0 bridgehead atoms. The largest absolute Gasteiger partial charge is 0.492 e. The SMILES string of the molecule is CCOc1ccccc1NC(=O)C1CCCN1C(=O)Nc1ccccc1. The summed E-state index contributed by atoms with van der Waals surface area (Å²) in [5.41, 5.74) is 1.33. The number of anilines is 2. The number of likely N-dealkylation sites (tertiary alicyclic amines) is 1. The van der Waals surface area contributed by atoms with Gasteiger partial charge in [-0.1, -0.05) is 30.3 Å². The third-order valence-corrected chi connectivity index (χ3v) is 4.29. The van der Waals surface area contributed by atoms with Crippen molar-refractivity contribution in [3.63, 3.8) is 0 Å². The molecule has 1 saturated heterocycles. The van der Waals surface area contributed by atoms with Crippen LogP contribution in [0.2, 0.25) is 0 Å². The van der Waals surface area contributed by atoms with Gasteiger partial charge >= 0.3 is 6.03 Å². The van der Waals surface area contributed by atoms with Crippen LogP contribution in [0.3, 0.4) is 0 Å². The Balaban J connectivity index is 1.68. The van der Waals surface area contributed by atoms with Gasteiger partial charge in [0, 0.05) is 12.2 Å². The van der Waals surface area contributed by atoms with Gasteiger partial charge in [-0.15, -0.1) is 0 Å². The van der Waals surface area contributed by atoms with Crippen LogP contribution < -0.4 is 15.4 Å². The molecule has 26 heavy (non-hydrogen) atoms. The van der Waals surface area contributed by atoms with Crippen LogP contribution in [0.25, 0.3) is 0 Å². The van der Waals surface area contributed by atoms with E-state index in [1.807, 2.05) is 55.5 Å². The number of urea groups is 1. The number of carbonyl (C=O) groups excluding carboxylic acids is 2. The molecule has 6 heteroatoms. The monoisotopic (exact) mass is 353 g/mol. The van der Waals surface area contributed by atoms with Crippen molar-refractivity contribution in [2.24, 2.45) is 0 Å². The second kappa shape index (κ2) is 8.38. The lowest BCUT2D eigenvalue weighted by Gasteiger charge is -2.24. The topological polar surface area (TPSA) is 70.7 Å². The van der Waals surface area contributed by atoms with E-state index in [4.69, 9.17) is 4.74 Å². The van der Waals surface area contributed by atoms with E-state index in [0.29, 0.717) is 36.7 Å². The summed E-state index contributed by atoms with van der Waals surface area (Å²) in [5.74, 6) is 0.430. The molecule has 1 aliphatic rings. The Kier molecular flexibility index (Phi) is 5.73. The highest BCUT2D eigenvalue weighted by Gasteiger charge is 2.34. The lowest BCUT2D eigenvalue weighted by molar-refractivity contribution is -0.119. The van der Waals surface area contributed by atoms with Gasteiger partial charge in [0.25, 0.3) is 0 Å². The first-order valence-corrected chi connectivity index (χ1v) is 8.84. The van der Waals surface area contributed by atoms with Crippen LogP contribution in [-0.2, 0) is 4.79 Å². The van der Waals surface area contributed by atoms with Gasteiger partial charge < -0.3 is 20.3 Å². The number of amides is 3. The summed E-state index contributed by atoms with van der Waals surface area (Å²) in [4.78, 5) is 26.9. The van der Waals surface area contributed by atoms with E-state index in [2.05, 4.69) is 10.6 Å². The zero-order valence-corrected chi connectivity index (χ0v) is 14.8. The van der Waals surface area contributed by atoms with Crippen LogP contribution in [-0.4, -0.2) is 36.0 Å². The van der Waals surface area contributed by atoms with Crippen molar-refractivity contribution in [1.82, 2.24) is 4.90 Å². The van der Waals surface area contributed by atoms with E-state index < -0.39 is 6.04 Å². The zero-order chi connectivity index (χ0) is 18.4. The van der Waals surface area contributed by atoms with Crippen molar-refractivity contribution in [3.8, 4) is 5.75 Å². The summed E-state index contributed by atoms with van der Waals surface area (Å²) in [6.07, 6.45) is 1.44. The molecule has 0 spiro atoms. The third kappa shape index (κ3) is 4.14. The molecule has 1 aliphatic heterocycles. The molecule has 6 nitrogen and oxygen atoms in total. The highest BCUT2D eigenvalue weighted by atomic mass is 16.5. The van der Waals surface area contributed by atoms with Gasteiger partial charge in [-0.25, -0.2) is 4.79 Å². The fraction of sp³-hybridized carbons (Fsp3) is 0.300. The molecule has 2 aromatic rings. The quantitative estimate of drug-likeness (QED) is 0.861. The number of ether oxygens (including phenoxy) is 1. The van der Waals surface area contributed by atoms with Crippen LogP contribution in [0, 0.1) is 0 Å². The minimum absolute atomic E-state index is 0.196. The maximum atomic E-state index is 12.8. The smallest absolute Gasteiger partial charge is 0.322 e. The first-order valence-electron chi connectivity index (χ1n) is 8.84. The van der Waals surface area contributed by atoms with Gasteiger partial charge in [-0.2, -0.15) is 0 Å². The van der Waals surface area contributed by atoms with Gasteiger partial charge in [-0.3, -0.25) is 4.79 Å². The van der Waals surface area contributed by atoms with E-state index >= 15 is 0 Å². The van der Waals surface area contributed by atoms with Crippen molar-refractivity contribution in [3.05, 3.63) is 54.6 Å². The van der Waals surface area contributed by atoms with Gasteiger partial charge in [0.2, 0.25) is 5.91 Å². The van der Waals surface area contributed by atoms with E-state index in [-0.39, 0.29) is 11.9 Å². The number of hydrogen-bond donors (Lipinski definition) is 2. The first kappa shape index (κ1) is 17.8. The molecule has 136 valence electrons. The minimum atomic E-state index is -0.492. The molecule has 0 saturated carbocycles. The molecule has 0 radical (unpaired) electrons. The zero-order valence-electron chi connectivity index (χ0n) is 14.8. The molecule has 2 aromatic carbocycles. The van der Waals surface area contributed by atoms with Gasteiger partial charge in [-0.05, 0) is 44.0 Å². The summed E-state index contributed by atoms with van der Waals surface area (Å²) >= 11 is 0. The minimum Gasteiger partial charge on any atom is -0.492 e. The lowest BCUT2D eigenvalue weighted by Crippen LogP contribution is -2.45. The lowest BCUT2D eigenvalue weighted by atomic mass is 10.2. The number of hydrogen-bond acceptors (Lipinski definition) is 3. The standard InChI is InChI=1S/C20H23N3O3/c1-2-26-18-13-7-6-11-16(18)22-19(24)17-12-8-14-23(17)20(25)21-15-9-4-3-5-10-15/h3-7,9-11,13,17H,2,8,12,14H2,1H3,(H,21,25)(H,22,24). The molecule has 3 rings (SSSR count). The number of carbonyl (C=O) groups is 2. The molecular formula is C20H23N3O3. The molecule has 1 atom stereocenters. The van der Waals surface area contributed by atoms with Crippen molar-refractivity contribution < 1.29 is 14.3 Å². The van der Waals surface area contributed by atoms with Crippen molar-refractivity contribution in [1.29, 1.82) is 0 Å². The van der Waals surface area contributed by atoms with Crippen LogP contribution in [0.5, 0.6) is 5.75 Å². The Morgan fingerprint density at radius 2 is 1.81 bits per heavy atom. The van der Waals surface area contributed by atoms with E-state index in [1.54, 1.807) is 11.0 Å². The normalized spacial score (nSPS) is 16.2. The van der Waals surface area contributed by atoms with Gasteiger partial charge in [0.1, 0.15) is 11.8 Å². The Bertz CT molecular complexity index is 764. The number of para-hydroxylation sites is 3. The number of benzene rings is 2. The number of rotatable bonds is 5. The molecule has 0 aliphatic carbocycles. The predicted molar refractivity (Wildman–Crippen MR) is 101 cm³/mol. The molecule has 3 amide bonds. The Labute approximate surface area is 153 Å². The summed E-state index contributed by atoms with van der Waals surface area (Å²) in [6.45, 7) is 2.97. The third-order valence-electron chi connectivity index (χ3n) is 4.29. The second-order valence-corrected chi connectivity index (χ2v) is 6.07. The maximum Gasteiger partial charge on any atom is 0.322 e. The van der Waals surface area contributed by atoms with E-state index in [9.17, 15) is 9.59 Å². The highest BCUT2D eigenvalue weighted by Crippen LogP contribution is 2.26. The Morgan fingerprint density at radius 1 is 1.08 bits per heavy atom. The first-order chi connectivity index (χ1) is 12.7. The van der Waals surface area contributed by atoms with Crippen LogP contribution in [0.1, 0.15) is 19.8 Å². The average Bonchev–Trinajstić information content (AvgIpc) is 3.14. The predicted octanol–water partition coefficient (Wildman–Crippen LogP) is 3.72. The van der Waals surface area contributed by atoms with Crippen LogP contribution in [0.4, 0.5) is 16.2 Å². The summed E-state index contributed by atoms with van der Waals surface area (Å²) in [6, 6.07) is 15.8. The second-order valence-electron chi connectivity index (χ2n) is 6.07. The van der Waals surface area contributed by atoms with E-state index in [0.717, 1.165) is 6.42 Å². The van der Waals surface area contributed by atoms with Gasteiger partial charge in [0.15, 0.2) is 0 Å². The van der Waals surface area contributed by atoms with Crippen LogP contribution >= 0.6 is 0 Å². The fourth-order valence-corrected chi connectivity index (χ4v) is 3.07. The molecule has 2 N–H and O–H groups in total. The maximum absolute atomic E-state index is 12.8. The molecule has 1 unspecified atom stereocenters. The summed E-state index contributed by atoms with van der Waals surface area (Å²) in [7, 11) is 0. The molecular weight excluding hydrogens is 330 g/mol.